The molecule has 0 amide bonds. The topological polar surface area (TPSA) is 49.8 Å². The normalized spacial score (nSPS) is 17.7. The van der Waals surface area contributed by atoms with E-state index in [-0.39, 0.29) is 6.04 Å². The van der Waals surface area contributed by atoms with Crippen LogP contribution in [0.15, 0.2) is 11.6 Å². The van der Waals surface area contributed by atoms with Gasteiger partial charge in [0.15, 0.2) is 10.8 Å². The molecule has 0 bridgehead atoms. The molecule has 21 heavy (non-hydrogen) atoms. The molecule has 0 radical (unpaired) electrons. The summed E-state index contributed by atoms with van der Waals surface area (Å²) in [5.74, 6) is 1.10. The fourth-order valence-corrected chi connectivity index (χ4v) is 3.75. The van der Waals surface area contributed by atoms with Crippen LogP contribution in [0.4, 0.5) is 5.82 Å². The maximum absolute atomic E-state index is 6.02. The van der Waals surface area contributed by atoms with E-state index in [4.69, 9.17) is 10.7 Å². The molecule has 0 spiro atoms. The first-order valence-electron chi connectivity index (χ1n) is 7.78. The second-order valence-electron chi connectivity index (χ2n) is 6.09. The Morgan fingerprint density at radius 2 is 2.19 bits per heavy atom. The predicted molar refractivity (Wildman–Crippen MR) is 89.4 cm³/mol. The van der Waals surface area contributed by atoms with Crippen molar-refractivity contribution >= 4 is 22.1 Å². The Kier molecular flexibility index (Phi) is 4.47. The fourth-order valence-electron chi connectivity index (χ4n) is 3.03. The summed E-state index contributed by atoms with van der Waals surface area (Å²) < 4.78 is 2.19. The summed E-state index contributed by atoms with van der Waals surface area (Å²) in [5.41, 5.74) is 7.26. The molecule has 1 fully saturated rings. The van der Waals surface area contributed by atoms with Crippen molar-refractivity contribution in [2.24, 2.45) is 5.73 Å². The Hall–Kier alpha value is -1.11. The average Bonchev–Trinajstić information content (AvgIpc) is 3.13. The highest BCUT2D eigenvalue weighted by molar-refractivity contribution is 7.15. The molecule has 1 unspecified atom stereocenters. The lowest BCUT2D eigenvalue weighted by Crippen LogP contribution is -2.32. The zero-order chi connectivity index (χ0) is 14.8. The van der Waals surface area contributed by atoms with Crippen LogP contribution in [-0.4, -0.2) is 53.6 Å². The number of hydrogen-bond acceptors (Lipinski definition) is 5. The van der Waals surface area contributed by atoms with Gasteiger partial charge in [0.1, 0.15) is 0 Å². The number of anilines is 1. The lowest BCUT2D eigenvalue weighted by Gasteiger charge is -2.22. The third-order valence-electron chi connectivity index (χ3n) is 4.17. The van der Waals surface area contributed by atoms with Gasteiger partial charge in [-0.1, -0.05) is 0 Å². The Balaban J connectivity index is 1.75. The second kappa shape index (κ2) is 6.34. The quantitative estimate of drug-likeness (QED) is 0.884. The maximum atomic E-state index is 6.02. The predicted octanol–water partition coefficient (Wildman–Crippen LogP) is 1.82. The molecule has 2 aromatic rings. The van der Waals surface area contributed by atoms with E-state index in [1.807, 2.05) is 0 Å². The molecule has 1 aliphatic heterocycles. The smallest absolute Gasteiger partial charge is 0.195 e. The summed E-state index contributed by atoms with van der Waals surface area (Å²) in [4.78, 5) is 10.7. The van der Waals surface area contributed by atoms with E-state index in [2.05, 4.69) is 39.7 Å². The van der Waals surface area contributed by atoms with Crippen molar-refractivity contribution in [3.8, 4) is 0 Å². The Morgan fingerprint density at radius 1 is 1.43 bits per heavy atom. The van der Waals surface area contributed by atoms with Gasteiger partial charge in [0.25, 0.3) is 0 Å². The van der Waals surface area contributed by atoms with Crippen molar-refractivity contribution in [3.63, 3.8) is 0 Å². The highest BCUT2D eigenvalue weighted by Crippen LogP contribution is 2.25. The number of rotatable bonds is 6. The van der Waals surface area contributed by atoms with Crippen LogP contribution < -0.4 is 10.6 Å². The summed E-state index contributed by atoms with van der Waals surface area (Å²) in [7, 11) is 2.15. The monoisotopic (exact) mass is 307 g/mol. The first-order valence-corrected chi connectivity index (χ1v) is 8.66. The maximum Gasteiger partial charge on any atom is 0.195 e. The van der Waals surface area contributed by atoms with Crippen LogP contribution in [0.2, 0.25) is 0 Å². The van der Waals surface area contributed by atoms with Gasteiger partial charge in [-0.15, -0.1) is 11.3 Å². The minimum Gasteiger partial charge on any atom is -0.357 e. The first-order chi connectivity index (χ1) is 10.1. The van der Waals surface area contributed by atoms with E-state index in [1.165, 1.54) is 31.6 Å². The molecule has 3 rings (SSSR count). The van der Waals surface area contributed by atoms with Crippen LogP contribution in [0, 0.1) is 0 Å². The number of hydrogen-bond donors (Lipinski definition) is 1. The van der Waals surface area contributed by atoms with E-state index in [9.17, 15) is 0 Å². The summed E-state index contributed by atoms with van der Waals surface area (Å²) in [6, 6.07) is 0.149. The van der Waals surface area contributed by atoms with E-state index in [0.717, 1.165) is 30.3 Å². The fraction of sp³-hybridized carbons (Fsp3) is 0.667. The molecule has 1 atom stereocenters. The Bertz CT molecular complexity index is 582. The molecule has 116 valence electrons. The molecule has 0 aliphatic carbocycles. The summed E-state index contributed by atoms with van der Waals surface area (Å²) in [6.07, 6.45) is 5.66. The van der Waals surface area contributed by atoms with Crippen LogP contribution in [0.25, 0.3) is 4.96 Å². The van der Waals surface area contributed by atoms with Crippen LogP contribution in [0.1, 0.15) is 25.5 Å². The first kappa shape index (κ1) is 14.8. The largest absolute Gasteiger partial charge is 0.357 e. The summed E-state index contributed by atoms with van der Waals surface area (Å²) in [6.45, 7) is 6.70. The molecule has 2 N–H and O–H groups in total. The van der Waals surface area contributed by atoms with Gasteiger partial charge in [0, 0.05) is 44.2 Å². The molecular weight excluding hydrogens is 282 g/mol. The average molecular weight is 307 g/mol. The summed E-state index contributed by atoms with van der Waals surface area (Å²) >= 11 is 1.68. The van der Waals surface area contributed by atoms with Crippen molar-refractivity contribution in [2.75, 3.05) is 38.1 Å². The SMILES string of the molecule is CC(N)Cc1c(N(C)CCN2CCCC2)nc2sccn12. The number of fused-ring (bicyclic) bond motifs is 1. The van der Waals surface area contributed by atoms with Crippen molar-refractivity contribution in [1.29, 1.82) is 0 Å². The third kappa shape index (κ3) is 3.22. The number of nitrogens with two attached hydrogens (primary N) is 1. The van der Waals surface area contributed by atoms with Crippen LogP contribution in [0.5, 0.6) is 0 Å². The number of thiazole rings is 1. The van der Waals surface area contributed by atoms with E-state index >= 15 is 0 Å². The van der Waals surface area contributed by atoms with Gasteiger partial charge >= 0.3 is 0 Å². The van der Waals surface area contributed by atoms with Crippen LogP contribution in [-0.2, 0) is 6.42 Å². The van der Waals surface area contributed by atoms with E-state index in [1.54, 1.807) is 11.3 Å². The standard InChI is InChI=1S/C15H25N5S/c1-12(16)11-13-14(17-15-20(13)9-10-21-15)18(2)7-8-19-5-3-4-6-19/h9-10,12H,3-8,11,16H2,1-2H3. The van der Waals surface area contributed by atoms with E-state index < -0.39 is 0 Å². The third-order valence-corrected chi connectivity index (χ3v) is 4.92. The lowest BCUT2D eigenvalue weighted by molar-refractivity contribution is 0.346. The Morgan fingerprint density at radius 3 is 2.90 bits per heavy atom. The number of likely N-dealkylation sites (tertiary alicyclic amines) is 1. The van der Waals surface area contributed by atoms with Crippen molar-refractivity contribution < 1.29 is 0 Å². The van der Waals surface area contributed by atoms with Gasteiger partial charge in [-0.2, -0.15) is 0 Å². The molecular formula is C15H25N5S. The zero-order valence-electron chi connectivity index (χ0n) is 13.0. The zero-order valence-corrected chi connectivity index (χ0v) is 13.8. The van der Waals surface area contributed by atoms with Gasteiger partial charge < -0.3 is 15.5 Å². The molecule has 1 aliphatic rings. The number of imidazole rings is 1. The number of likely N-dealkylation sites (N-methyl/N-ethyl adjacent to an activating group) is 1. The highest BCUT2D eigenvalue weighted by atomic mass is 32.1. The van der Waals surface area contributed by atoms with Gasteiger partial charge in [-0.25, -0.2) is 4.98 Å². The van der Waals surface area contributed by atoms with Crippen molar-refractivity contribution in [3.05, 3.63) is 17.3 Å². The minimum atomic E-state index is 0.149. The molecule has 6 heteroatoms. The van der Waals surface area contributed by atoms with Gasteiger partial charge in [0.05, 0.1) is 5.69 Å². The van der Waals surface area contributed by atoms with Crippen LogP contribution >= 0.6 is 11.3 Å². The molecule has 5 nitrogen and oxygen atoms in total. The number of aromatic nitrogens is 2. The molecule has 1 saturated heterocycles. The molecule has 2 aromatic heterocycles. The summed E-state index contributed by atoms with van der Waals surface area (Å²) in [5, 5.41) is 2.08. The van der Waals surface area contributed by atoms with Crippen LogP contribution in [0.3, 0.4) is 0 Å². The highest BCUT2D eigenvalue weighted by Gasteiger charge is 2.19. The van der Waals surface area contributed by atoms with Crippen molar-refractivity contribution in [1.82, 2.24) is 14.3 Å². The van der Waals surface area contributed by atoms with E-state index in [0.29, 0.717) is 0 Å². The number of nitrogens with zero attached hydrogens (tertiary/aromatic N) is 4. The van der Waals surface area contributed by atoms with Gasteiger partial charge in [-0.05, 0) is 32.9 Å². The molecule has 3 heterocycles. The second-order valence-corrected chi connectivity index (χ2v) is 6.96. The van der Waals surface area contributed by atoms with Gasteiger partial charge in [0.2, 0.25) is 0 Å². The lowest BCUT2D eigenvalue weighted by atomic mass is 10.2. The minimum absolute atomic E-state index is 0.149. The molecule has 0 saturated carbocycles. The van der Waals surface area contributed by atoms with Crippen molar-refractivity contribution in [2.45, 2.75) is 32.2 Å². The molecule has 0 aromatic carbocycles. The van der Waals surface area contributed by atoms with Gasteiger partial charge in [-0.3, -0.25) is 4.40 Å². The Labute approximate surface area is 130 Å².